The van der Waals surface area contributed by atoms with Crippen LogP contribution >= 0.6 is 0 Å². The number of carbonyl (C=O) groups is 1. The summed E-state index contributed by atoms with van der Waals surface area (Å²) >= 11 is 0. The molecule has 0 amide bonds. The van der Waals surface area contributed by atoms with Gasteiger partial charge in [0, 0.05) is 16.5 Å². The van der Waals surface area contributed by atoms with Crippen LogP contribution in [0, 0.1) is 0 Å². The standard InChI is InChI=1S/C22H13N3O4/c26-13-17-8-9-20(28-17)16-7-6-15-10-19(22(27)29-21(15)11-16)25-23-12-18(24-25)14-4-2-1-3-5-14/h1-13H. The van der Waals surface area contributed by atoms with Crippen LogP contribution in [-0.4, -0.2) is 21.3 Å². The molecule has 5 rings (SSSR count). The molecule has 140 valence electrons. The van der Waals surface area contributed by atoms with Gasteiger partial charge in [0.05, 0.1) is 6.20 Å². The predicted octanol–water partition coefficient (Wildman–Crippen LogP) is 4.11. The smallest absolute Gasteiger partial charge is 0.364 e. The minimum absolute atomic E-state index is 0.216. The van der Waals surface area contributed by atoms with E-state index in [-0.39, 0.29) is 11.4 Å². The van der Waals surface area contributed by atoms with Crippen LogP contribution in [0.2, 0.25) is 0 Å². The molecule has 0 bridgehead atoms. The minimum atomic E-state index is -0.558. The SMILES string of the molecule is O=Cc1ccc(-c2ccc3cc(-n4ncc(-c5ccccc5)n4)c(=O)oc3c2)o1. The summed E-state index contributed by atoms with van der Waals surface area (Å²) in [4.78, 5) is 24.6. The lowest BCUT2D eigenvalue weighted by molar-refractivity contribution is 0.110. The molecule has 29 heavy (non-hydrogen) atoms. The number of aromatic nitrogens is 3. The Kier molecular flexibility index (Phi) is 3.91. The highest BCUT2D eigenvalue weighted by atomic mass is 16.4. The Hall–Kier alpha value is -4.26. The lowest BCUT2D eigenvalue weighted by atomic mass is 10.1. The van der Waals surface area contributed by atoms with Crippen LogP contribution in [0.4, 0.5) is 0 Å². The summed E-state index contributed by atoms with van der Waals surface area (Å²) in [5.41, 5.74) is 2.32. The molecule has 0 aliphatic heterocycles. The van der Waals surface area contributed by atoms with Crippen LogP contribution in [0.25, 0.3) is 39.2 Å². The Bertz CT molecular complexity index is 1400. The van der Waals surface area contributed by atoms with Gasteiger partial charge in [0.2, 0.25) is 0 Å². The van der Waals surface area contributed by atoms with Crippen LogP contribution in [0.15, 0.2) is 86.6 Å². The zero-order valence-electron chi connectivity index (χ0n) is 15.0. The molecule has 3 heterocycles. The maximum Gasteiger partial charge on any atom is 0.364 e. The summed E-state index contributed by atoms with van der Waals surface area (Å²) in [5.74, 6) is 0.748. The highest BCUT2D eigenvalue weighted by molar-refractivity contribution is 5.83. The molecule has 0 aliphatic carbocycles. The molecule has 0 radical (unpaired) electrons. The highest BCUT2D eigenvalue weighted by Crippen LogP contribution is 2.26. The summed E-state index contributed by atoms with van der Waals surface area (Å²) in [6, 6.07) is 19.9. The third-order valence-corrected chi connectivity index (χ3v) is 4.52. The predicted molar refractivity (Wildman–Crippen MR) is 106 cm³/mol. The van der Waals surface area contributed by atoms with Crippen LogP contribution < -0.4 is 5.63 Å². The van der Waals surface area contributed by atoms with Crippen molar-refractivity contribution in [2.75, 3.05) is 0 Å². The number of aldehydes is 1. The first-order chi connectivity index (χ1) is 14.2. The minimum Gasteiger partial charge on any atom is -0.453 e. The van der Waals surface area contributed by atoms with Crippen molar-refractivity contribution >= 4 is 17.3 Å². The van der Waals surface area contributed by atoms with Gasteiger partial charge < -0.3 is 8.83 Å². The van der Waals surface area contributed by atoms with Gasteiger partial charge in [-0.25, -0.2) is 4.79 Å². The Morgan fingerprint density at radius 3 is 2.55 bits per heavy atom. The van der Waals surface area contributed by atoms with Crippen LogP contribution in [0.5, 0.6) is 0 Å². The average molecular weight is 383 g/mol. The van der Waals surface area contributed by atoms with Gasteiger partial charge >= 0.3 is 5.63 Å². The first kappa shape index (κ1) is 16.9. The average Bonchev–Trinajstić information content (AvgIpc) is 3.43. The molecule has 5 aromatic rings. The van der Waals surface area contributed by atoms with E-state index >= 15 is 0 Å². The molecule has 0 spiro atoms. The van der Waals surface area contributed by atoms with Crippen molar-refractivity contribution in [1.29, 1.82) is 0 Å². The number of furan rings is 1. The lowest BCUT2D eigenvalue weighted by Crippen LogP contribution is -2.12. The lowest BCUT2D eigenvalue weighted by Gasteiger charge is -2.03. The van der Waals surface area contributed by atoms with Gasteiger partial charge in [-0.05, 0) is 24.3 Å². The quantitative estimate of drug-likeness (QED) is 0.343. The van der Waals surface area contributed by atoms with Crippen LogP contribution in [0.3, 0.4) is 0 Å². The van der Waals surface area contributed by atoms with E-state index in [1.165, 1.54) is 4.80 Å². The first-order valence-corrected chi connectivity index (χ1v) is 8.83. The zero-order chi connectivity index (χ0) is 19.8. The highest BCUT2D eigenvalue weighted by Gasteiger charge is 2.13. The number of hydrogen-bond acceptors (Lipinski definition) is 6. The molecule has 2 aromatic carbocycles. The number of carbonyl (C=O) groups excluding carboxylic acids is 1. The van der Waals surface area contributed by atoms with E-state index in [2.05, 4.69) is 10.2 Å². The van der Waals surface area contributed by atoms with E-state index in [9.17, 15) is 9.59 Å². The fraction of sp³-hybridized carbons (Fsp3) is 0. The number of rotatable bonds is 4. The molecule has 0 aliphatic rings. The van der Waals surface area contributed by atoms with Gasteiger partial charge in [-0.15, -0.1) is 9.90 Å². The number of nitrogens with zero attached hydrogens (tertiary/aromatic N) is 3. The summed E-state index contributed by atoms with van der Waals surface area (Å²) < 4.78 is 10.9. The van der Waals surface area contributed by atoms with Gasteiger partial charge in [0.25, 0.3) is 0 Å². The van der Waals surface area contributed by atoms with Crippen molar-refractivity contribution in [2.45, 2.75) is 0 Å². The number of fused-ring (bicyclic) bond motifs is 1. The maximum absolute atomic E-state index is 12.5. The topological polar surface area (TPSA) is 91.1 Å². The van der Waals surface area contributed by atoms with Crippen molar-refractivity contribution in [1.82, 2.24) is 15.0 Å². The Morgan fingerprint density at radius 1 is 0.897 bits per heavy atom. The van der Waals surface area contributed by atoms with E-state index < -0.39 is 5.63 Å². The first-order valence-electron chi connectivity index (χ1n) is 8.83. The number of hydrogen-bond donors (Lipinski definition) is 0. The van der Waals surface area contributed by atoms with Gasteiger partial charge in [0.15, 0.2) is 17.7 Å². The fourth-order valence-electron chi connectivity index (χ4n) is 3.08. The van der Waals surface area contributed by atoms with Crippen LogP contribution in [-0.2, 0) is 0 Å². The monoisotopic (exact) mass is 383 g/mol. The van der Waals surface area contributed by atoms with E-state index in [1.807, 2.05) is 42.5 Å². The molecule has 3 aromatic heterocycles. The molecule has 0 N–H and O–H groups in total. The Morgan fingerprint density at radius 2 is 1.76 bits per heavy atom. The summed E-state index contributed by atoms with van der Waals surface area (Å²) in [6.07, 6.45) is 2.24. The van der Waals surface area contributed by atoms with Crippen molar-refractivity contribution in [3.63, 3.8) is 0 Å². The van der Waals surface area contributed by atoms with Crippen molar-refractivity contribution in [3.05, 3.63) is 89.1 Å². The Labute approximate surface area is 163 Å². The zero-order valence-corrected chi connectivity index (χ0v) is 15.0. The Balaban J connectivity index is 1.55. The largest absolute Gasteiger partial charge is 0.453 e. The third-order valence-electron chi connectivity index (χ3n) is 4.52. The van der Waals surface area contributed by atoms with Gasteiger partial charge in [-0.3, -0.25) is 4.79 Å². The second-order valence-corrected chi connectivity index (χ2v) is 6.38. The second kappa shape index (κ2) is 6.72. The fourth-order valence-corrected chi connectivity index (χ4v) is 3.08. The van der Waals surface area contributed by atoms with E-state index in [1.54, 1.807) is 30.5 Å². The normalized spacial score (nSPS) is 11.0. The third kappa shape index (κ3) is 3.04. The van der Waals surface area contributed by atoms with Crippen molar-refractivity contribution in [3.8, 4) is 28.3 Å². The molecule has 0 atom stereocenters. The molecule has 0 fully saturated rings. The molecular weight excluding hydrogens is 370 g/mol. The van der Waals surface area contributed by atoms with E-state index in [0.717, 1.165) is 5.56 Å². The van der Waals surface area contributed by atoms with Gasteiger partial charge in [-0.2, -0.15) is 5.10 Å². The number of benzene rings is 2. The summed E-state index contributed by atoms with van der Waals surface area (Å²) in [6.45, 7) is 0. The second-order valence-electron chi connectivity index (χ2n) is 6.38. The molecule has 7 nitrogen and oxygen atoms in total. The molecule has 7 heteroatoms. The molecule has 0 unspecified atom stereocenters. The summed E-state index contributed by atoms with van der Waals surface area (Å²) in [5, 5.41) is 9.31. The molecular formula is C22H13N3O4. The van der Waals surface area contributed by atoms with E-state index in [4.69, 9.17) is 8.83 Å². The molecule has 0 saturated heterocycles. The van der Waals surface area contributed by atoms with E-state index in [0.29, 0.717) is 34.3 Å². The van der Waals surface area contributed by atoms with Crippen LogP contribution in [0.1, 0.15) is 10.6 Å². The van der Waals surface area contributed by atoms with Gasteiger partial charge in [0.1, 0.15) is 17.0 Å². The molecule has 0 saturated carbocycles. The summed E-state index contributed by atoms with van der Waals surface area (Å²) in [7, 11) is 0. The van der Waals surface area contributed by atoms with Gasteiger partial charge in [-0.1, -0.05) is 42.5 Å². The van der Waals surface area contributed by atoms with Crippen molar-refractivity contribution in [2.24, 2.45) is 0 Å². The van der Waals surface area contributed by atoms with Crippen molar-refractivity contribution < 1.29 is 13.6 Å². The maximum atomic E-state index is 12.5.